The molecule has 0 fully saturated rings. The highest BCUT2D eigenvalue weighted by Gasteiger charge is 2.11. The molecule has 0 bridgehead atoms. The van der Waals surface area contributed by atoms with Crippen molar-refractivity contribution >= 4 is 56.6 Å². The molecule has 94 valence electrons. The molecular weight excluding hydrogens is 346 g/mol. The molecule has 3 N–H and O–H groups in total. The normalized spacial score (nSPS) is 10.4. The summed E-state index contributed by atoms with van der Waals surface area (Å²) in [7, 11) is 0. The largest absolute Gasteiger partial charge is 0.368 e. The summed E-state index contributed by atoms with van der Waals surface area (Å²) in [6.07, 6.45) is 1.48. The van der Waals surface area contributed by atoms with Gasteiger partial charge < -0.3 is 11.1 Å². The number of nitrogens with two attached hydrogens (primary N) is 1. The summed E-state index contributed by atoms with van der Waals surface area (Å²) in [5.41, 5.74) is 5.82. The SMILES string of the molecule is Nc1ncc(Br)c(Nc2c(Cl)cc(F)cc2Cl)n1. The van der Waals surface area contributed by atoms with E-state index in [0.717, 1.165) is 12.1 Å². The van der Waals surface area contributed by atoms with Gasteiger partial charge in [-0.3, -0.25) is 0 Å². The first-order chi connectivity index (χ1) is 8.47. The highest BCUT2D eigenvalue weighted by molar-refractivity contribution is 9.10. The summed E-state index contributed by atoms with van der Waals surface area (Å²) < 4.78 is 13.6. The standard InChI is InChI=1S/C10H6BrCl2FN4/c11-5-3-16-10(15)18-9(5)17-8-6(12)1-4(14)2-7(8)13/h1-3H,(H3,15,16,17,18). The molecule has 1 aromatic carbocycles. The molecule has 8 heteroatoms. The number of halogens is 4. The topological polar surface area (TPSA) is 63.8 Å². The second kappa shape index (κ2) is 5.26. The van der Waals surface area contributed by atoms with Crippen molar-refractivity contribution in [3.8, 4) is 0 Å². The minimum absolute atomic E-state index is 0.0926. The van der Waals surface area contributed by atoms with Crippen LogP contribution in [0.4, 0.5) is 21.8 Å². The predicted molar refractivity (Wildman–Crippen MR) is 73.8 cm³/mol. The molecule has 1 aromatic heterocycles. The van der Waals surface area contributed by atoms with Crippen molar-refractivity contribution in [2.45, 2.75) is 0 Å². The van der Waals surface area contributed by atoms with Crippen molar-refractivity contribution in [3.63, 3.8) is 0 Å². The molecule has 0 aliphatic rings. The average molecular weight is 352 g/mol. The molecule has 18 heavy (non-hydrogen) atoms. The van der Waals surface area contributed by atoms with Gasteiger partial charge in [-0.2, -0.15) is 4.98 Å². The van der Waals surface area contributed by atoms with Crippen LogP contribution >= 0.6 is 39.1 Å². The van der Waals surface area contributed by atoms with E-state index in [9.17, 15) is 4.39 Å². The summed E-state index contributed by atoms with van der Waals surface area (Å²) >= 11 is 15.0. The molecule has 2 rings (SSSR count). The third-order valence-corrected chi connectivity index (χ3v) is 3.19. The van der Waals surface area contributed by atoms with E-state index < -0.39 is 5.82 Å². The Kier molecular flexibility index (Phi) is 3.89. The Balaban J connectivity index is 2.43. The molecule has 1 heterocycles. The van der Waals surface area contributed by atoms with Crippen LogP contribution in [0.25, 0.3) is 0 Å². The van der Waals surface area contributed by atoms with E-state index in [2.05, 4.69) is 31.2 Å². The van der Waals surface area contributed by atoms with Crippen LogP contribution in [0, 0.1) is 5.82 Å². The smallest absolute Gasteiger partial charge is 0.222 e. The van der Waals surface area contributed by atoms with Gasteiger partial charge in [0.15, 0.2) is 0 Å². The van der Waals surface area contributed by atoms with Crippen LogP contribution in [0.15, 0.2) is 22.8 Å². The van der Waals surface area contributed by atoms with Crippen LogP contribution in [-0.2, 0) is 0 Å². The van der Waals surface area contributed by atoms with Gasteiger partial charge in [-0.25, -0.2) is 9.37 Å². The zero-order valence-electron chi connectivity index (χ0n) is 8.72. The Bertz CT molecular complexity index is 585. The number of nitrogen functional groups attached to an aromatic ring is 1. The maximum atomic E-state index is 13.0. The van der Waals surface area contributed by atoms with E-state index in [1.54, 1.807) is 0 Å². The van der Waals surface area contributed by atoms with Crippen molar-refractivity contribution in [2.75, 3.05) is 11.1 Å². The number of hydrogen-bond donors (Lipinski definition) is 2. The molecule has 2 aromatic rings. The lowest BCUT2D eigenvalue weighted by atomic mass is 10.3. The monoisotopic (exact) mass is 350 g/mol. The second-order valence-corrected chi connectivity index (χ2v) is 4.96. The van der Waals surface area contributed by atoms with Gasteiger partial charge in [-0.15, -0.1) is 0 Å². The van der Waals surface area contributed by atoms with Crippen LogP contribution in [0.2, 0.25) is 10.0 Å². The summed E-state index contributed by atoms with van der Waals surface area (Å²) in [4.78, 5) is 7.76. The Hall–Kier alpha value is -1.11. The molecule has 0 radical (unpaired) electrons. The number of rotatable bonds is 2. The minimum Gasteiger partial charge on any atom is -0.368 e. The van der Waals surface area contributed by atoms with Gasteiger partial charge in [0.1, 0.15) is 11.6 Å². The fourth-order valence-corrected chi connectivity index (χ4v) is 2.09. The van der Waals surface area contributed by atoms with Crippen LogP contribution in [-0.4, -0.2) is 9.97 Å². The number of nitrogens with one attached hydrogen (secondary N) is 1. The van der Waals surface area contributed by atoms with Crippen LogP contribution in [0.1, 0.15) is 0 Å². The van der Waals surface area contributed by atoms with E-state index in [-0.39, 0.29) is 16.0 Å². The minimum atomic E-state index is -0.517. The lowest BCUT2D eigenvalue weighted by molar-refractivity contribution is 0.628. The average Bonchev–Trinajstić information content (AvgIpc) is 2.28. The van der Waals surface area contributed by atoms with E-state index >= 15 is 0 Å². The highest BCUT2D eigenvalue weighted by atomic mass is 79.9. The van der Waals surface area contributed by atoms with Gasteiger partial charge >= 0.3 is 0 Å². The predicted octanol–water partition coefficient (Wildman–Crippen LogP) is 4.01. The summed E-state index contributed by atoms with van der Waals surface area (Å²) in [5.74, 6) is -0.0372. The summed E-state index contributed by atoms with van der Waals surface area (Å²) in [5, 5.41) is 3.15. The zero-order chi connectivity index (χ0) is 13.3. The van der Waals surface area contributed by atoms with Gasteiger partial charge in [0.25, 0.3) is 0 Å². The Morgan fingerprint density at radius 3 is 2.50 bits per heavy atom. The summed E-state index contributed by atoms with van der Waals surface area (Å²) in [6.45, 7) is 0. The van der Waals surface area contributed by atoms with Crippen molar-refractivity contribution < 1.29 is 4.39 Å². The molecular formula is C10H6BrCl2FN4. The van der Waals surface area contributed by atoms with Crippen molar-refractivity contribution in [1.82, 2.24) is 9.97 Å². The fourth-order valence-electron chi connectivity index (χ4n) is 1.25. The first-order valence-electron chi connectivity index (χ1n) is 4.67. The first kappa shape index (κ1) is 13.3. The van der Waals surface area contributed by atoms with E-state index in [0.29, 0.717) is 16.0 Å². The quantitative estimate of drug-likeness (QED) is 0.857. The van der Waals surface area contributed by atoms with Crippen LogP contribution in [0.5, 0.6) is 0 Å². The van der Waals surface area contributed by atoms with E-state index in [1.165, 1.54) is 6.20 Å². The van der Waals surface area contributed by atoms with Gasteiger partial charge in [0.2, 0.25) is 5.95 Å². The zero-order valence-corrected chi connectivity index (χ0v) is 11.8. The summed E-state index contributed by atoms with van der Waals surface area (Å²) in [6, 6.07) is 2.29. The molecule has 0 amide bonds. The maximum absolute atomic E-state index is 13.0. The van der Waals surface area contributed by atoms with Crippen LogP contribution in [0.3, 0.4) is 0 Å². The number of aromatic nitrogens is 2. The molecule has 0 aliphatic heterocycles. The lowest BCUT2D eigenvalue weighted by Crippen LogP contribution is -2.01. The molecule has 0 saturated carbocycles. The third-order valence-electron chi connectivity index (χ3n) is 2.01. The third kappa shape index (κ3) is 2.82. The van der Waals surface area contributed by atoms with Crippen molar-refractivity contribution in [2.24, 2.45) is 0 Å². The molecule has 0 atom stereocenters. The lowest BCUT2D eigenvalue weighted by Gasteiger charge is -2.11. The van der Waals surface area contributed by atoms with E-state index in [4.69, 9.17) is 28.9 Å². The Labute approximate surface area is 120 Å². The number of hydrogen-bond acceptors (Lipinski definition) is 4. The van der Waals surface area contributed by atoms with Gasteiger partial charge in [-0.1, -0.05) is 23.2 Å². The van der Waals surface area contributed by atoms with Crippen molar-refractivity contribution in [1.29, 1.82) is 0 Å². The molecule has 0 saturated heterocycles. The fraction of sp³-hybridized carbons (Fsp3) is 0. The van der Waals surface area contributed by atoms with Crippen LogP contribution < -0.4 is 11.1 Å². The Morgan fingerprint density at radius 2 is 1.89 bits per heavy atom. The number of anilines is 3. The Morgan fingerprint density at radius 1 is 1.28 bits per heavy atom. The molecule has 0 spiro atoms. The second-order valence-electron chi connectivity index (χ2n) is 3.29. The van der Waals surface area contributed by atoms with E-state index in [1.807, 2.05) is 0 Å². The number of nitrogens with zero attached hydrogens (tertiary/aromatic N) is 2. The van der Waals surface area contributed by atoms with Gasteiger partial charge in [0, 0.05) is 6.20 Å². The maximum Gasteiger partial charge on any atom is 0.222 e. The van der Waals surface area contributed by atoms with Gasteiger partial charge in [0.05, 0.1) is 20.2 Å². The first-order valence-corrected chi connectivity index (χ1v) is 6.22. The molecule has 0 unspecified atom stereocenters. The highest BCUT2D eigenvalue weighted by Crippen LogP contribution is 2.35. The molecule has 0 aliphatic carbocycles. The number of benzene rings is 1. The van der Waals surface area contributed by atoms with Gasteiger partial charge in [-0.05, 0) is 28.1 Å². The van der Waals surface area contributed by atoms with Crippen molar-refractivity contribution in [3.05, 3.63) is 38.7 Å². The molecule has 4 nitrogen and oxygen atoms in total.